The van der Waals surface area contributed by atoms with Crippen molar-refractivity contribution in [3.05, 3.63) is 102 Å². The van der Waals surface area contributed by atoms with Crippen molar-refractivity contribution in [2.75, 3.05) is 13.1 Å². The number of amides is 2. The second-order valence-corrected chi connectivity index (χ2v) is 8.19. The van der Waals surface area contributed by atoms with Gasteiger partial charge in [-0.15, -0.1) is 0 Å². The Morgan fingerprint density at radius 1 is 0.912 bits per heavy atom. The highest BCUT2D eigenvalue weighted by atomic mass is 16.5. The molecule has 2 atom stereocenters. The van der Waals surface area contributed by atoms with E-state index in [4.69, 9.17) is 15.2 Å². The predicted molar refractivity (Wildman–Crippen MR) is 129 cm³/mol. The molecule has 1 aliphatic heterocycles. The van der Waals surface area contributed by atoms with E-state index < -0.39 is 12.1 Å². The molecule has 34 heavy (non-hydrogen) atoms. The zero-order chi connectivity index (χ0) is 23.8. The number of ether oxygens (including phenoxy) is 2. The summed E-state index contributed by atoms with van der Waals surface area (Å²) in [5.41, 5.74) is 8.37. The molecule has 7 heteroatoms. The first kappa shape index (κ1) is 23.3. The van der Waals surface area contributed by atoms with E-state index in [-0.39, 0.29) is 18.6 Å². The highest BCUT2D eigenvalue weighted by Gasteiger charge is 2.36. The first-order valence-electron chi connectivity index (χ1n) is 11.4. The number of alkyl carbamates (subject to hydrolysis) is 1. The molecule has 176 valence electrons. The number of hydrogen-bond acceptors (Lipinski definition) is 5. The van der Waals surface area contributed by atoms with E-state index in [1.165, 1.54) is 0 Å². The van der Waals surface area contributed by atoms with Crippen LogP contribution in [0.4, 0.5) is 4.79 Å². The number of hydrogen-bond donors (Lipinski definition) is 2. The smallest absolute Gasteiger partial charge is 0.408 e. The van der Waals surface area contributed by atoms with Crippen LogP contribution < -0.4 is 15.8 Å². The third-order valence-electron chi connectivity index (χ3n) is 5.88. The van der Waals surface area contributed by atoms with Crippen LogP contribution in [-0.4, -0.2) is 36.0 Å². The van der Waals surface area contributed by atoms with Crippen molar-refractivity contribution >= 4 is 12.0 Å². The van der Waals surface area contributed by atoms with Crippen LogP contribution in [0.2, 0.25) is 0 Å². The lowest BCUT2D eigenvalue weighted by Gasteiger charge is -2.42. The molecule has 3 aromatic carbocycles. The van der Waals surface area contributed by atoms with Gasteiger partial charge in [0.25, 0.3) is 0 Å². The second kappa shape index (κ2) is 11.3. The van der Waals surface area contributed by atoms with Crippen molar-refractivity contribution in [1.82, 2.24) is 10.2 Å². The average Bonchev–Trinajstić information content (AvgIpc) is 2.86. The summed E-state index contributed by atoms with van der Waals surface area (Å²) in [6.07, 6.45) is 0.205. The van der Waals surface area contributed by atoms with Crippen LogP contribution in [0, 0.1) is 0 Å². The van der Waals surface area contributed by atoms with Crippen LogP contribution in [0.15, 0.2) is 84.9 Å². The lowest BCUT2D eigenvalue weighted by atomic mass is 9.98. The summed E-state index contributed by atoms with van der Waals surface area (Å²) in [6, 6.07) is 25.6. The molecule has 3 aromatic rings. The number of carbonyl (C=O) groups excluding carboxylic acids is 2. The monoisotopic (exact) mass is 459 g/mol. The zero-order valence-corrected chi connectivity index (χ0v) is 18.9. The minimum atomic E-state index is -0.874. The molecule has 1 heterocycles. The van der Waals surface area contributed by atoms with Crippen LogP contribution in [0.25, 0.3) is 0 Å². The van der Waals surface area contributed by atoms with Gasteiger partial charge in [-0.25, -0.2) is 4.79 Å². The van der Waals surface area contributed by atoms with Gasteiger partial charge in [0.2, 0.25) is 5.91 Å². The van der Waals surface area contributed by atoms with Gasteiger partial charge in [0.15, 0.2) is 0 Å². The van der Waals surface area contributed by atoms with Gasteiger partial charge in [0.05, 0.1) is 0 Å². The van der Waals surface area contributed by atoms with Crippen LogP contribution in [0.5, 0.6) is 5.75 Å². The predicted octanol–water partition coefficient (Wildman–Crippen LogP) is 3.79. The molecule has 0 unspecified atom stereocenters. The van der Waals surface area contributed by atoms with Gasteiger partial charge >= 0.3 is 6.09 Å². The lowest BCUT2D eigenvalue weighted by molar-refractivity contribution is -0.141. The Morgan fingerprint density at radius 3 is 2.09 bits per heavy atom. The van der Waals surface area contributed by atoms with Crippen molar-refractivity contribution < 1.29 is 19.1 Å². The maximum Gasteiger partial charge on any atom is 0.408 e. The van der Waals surface area contributed by atoms with E-state index >= 15 is 0 Å². The number of rotatable bonds is 9. The topological polar surface area (TPSA) is 93.9 Å². The molecule has 1 fully saturated rings. The summed E-state index contributed by atoms with van der Waals surface area (Å²) < 4.78 is 11.2. The molecule has 0 aliphatic carbocycles. The molecular weight excluding hydrogens is 430 g/mol. The van der Waals surface area contributed by atoms with Gasteiger partial charge < -0.3 is 25.4 Å². The molecular formula is C27H29N3O4. The Labute approximate surface area is 199 Å². The fourth-order valence-corrected chi connectivity index (χ4v) is 3.81. The molecule has 1 aliphatic rings. The number of carbonyl (C=O) groups is 2. The van der Waals surface area contributed by atoms with E-state index in [9.17, 15) is 9.59 Å². The van der Waals surface area contributed by atoms with Crippen LogP contribution in [-0.2, 0) is 22.7 Å². The van der Waals surface area contributed by atoms with E-state index in [0.717, 1.165) is 17.5 Å². The van der Waals surface area contributed by atoms with Gasteiger partial charge in [0.1, 0.15) is 25.0 Å². The van der Waals surface area contributed by atoms with Gasteiger partial charge in [-0.05, 0) is 35.2 Å². The summed E-state index contributed by atoms with van der Waals surface area (Å²) in [4.78, 5) is 27.5. The molecule has 7 nitrogen and oxygen atoms in total. The summed E-state index contributed by atoms with van der Waals surface area (Å²) in [7, 11) is 0. The van der Waals surface area contributed by atoms with Crippen LogP contribution in [0.1, 0.15) is 29.2 Å². The van der Waals surface area contributed by atoms with Crippen molar-refractivity contribution in [1.29, 1.82) is 0 Å². The maximum absolute atomic E-state index is 13.3. The fourth-order valence-electron chi connectivity index (χ4n) is 3.81. The Hall–Kier alpha value is -3.84. The molecule has 1 saturated heterocycles. The minimum Gasteiger partial charge on any atom is -0.489 e. The summed E-state index contributed by atoms with van der Waals surface area (Å²) >= 11 is 0. The molecule has 4 rings (SSSR count). The SMILES string of the molecule is NC[C@H]1CCN1C(=O)[C@@H](NC(=O)OCc1ccccc1)c1ccc(OCc2ccccc2)cc1. The van der Waals surface area contributed by atoms with Crippen molar-refractivity contribution in [2.24, 2.45) is 5.73 Å². The first-order valence-corrected chi connectivity index (χ1v) is 11.4. The molecule has 2 amide bonds. The van der Waals surface area contributed by atoms with Crippen LogP contribution in [0.3, 0.4) is 0 Å². The molecule has 3 N–H and O–H groups in total. The van der Waals surface area contributed by atoms with Crippen molar-refractivity contribution in [2.45, 2.75) is 31.7 Å². The van der Waals surface area contributed by atoms with E-state index in [2.05, 4.69) is 5.32 Å². The van der Waals surface area contributed by atoms with Gasteiger partial charge in [-0.3, -0.25) is 4.79 Å². The molecule has 0 saturated carbocycles. The quantitative estimate of drug-likeness (QED) is 0.508. The third-order valence-corrected chi connectivity index (χ3v) is 5.88. The van der Waals surface area contributed by atoms with Gasteiger partial charge in [0, 0.05) is 19.1 Å². The number of likely N-dealkylation sites (tertiary alicyclic amines) is 1. The largest absolute Gasteiger partial charge is 0.489 e. The highest BCUT2D eigenvalue weighted by Crippen LogP contribution is 2.25. The fraction of sp³-hybridized carbons (Fsp3) is 0.259. The zero-order valence-electron chi connectivity index (χ0n) is 18.9. The molecule has 0 bridgehead atoms. The summed E-state index contributed by atoms with van der Waals surface area (Å²) in [5, 5.41) is 2.74. The normalized spacial score (nSPS) is 15.7. The summed E-state index contributed by atoms with van der Waals surface area (Å²) in [6.45, 7) is 1.58. The van der Waals surface area contributed by atoms with Crippen molar-refractivity contribution in [3.8, 4) is 5.75 Å². The molecule has 0 spiro atoms. The Kier molecular flexibility index (Phi) is 7.78. The minimum absolute atomic E-state index is 0.00869. The third kappa shape index (κ3) is 5.94. The first-order chi connectivity index (χ1) is 16.6. The van der Waals surface area contributed by atoms with E-state index in [0.29, 0.717) is 31.0 Å². The standard InChI is InChI=1S/C27H29N3O4/c28-17-23-15-16-30(23)26(31)25(29-27(32)34-19-21-9-5-2-6-10-21)22-11-13-24(14-12-22)33-18-20-7-3-1-4-8-20/h1-14,23,25H,15-19,28H2,(H,29,32)/t23-,25+/m1/s1. The molecule has 0 radical (unpaired) electrons. The van der Waals surface area contributed by atoms with Crippen molar-refractivity contribution in [3.63, 3.8) is 0 Å². The Balaban J connectivity index is 1.43. The average molecular weight is 460 g/mol. The van der Waals surface area contributed by atoms with E-state index in [1.807, 2.05) is 60.7 Å². The van der Waals surface area contributed by atoms with E-state index in [1.54, 1.807) is 29.2 Å². The number of nitrogens with zero attached hydrogens (tertiary/aromatic N) is 1. The number of benzene rings is 3. The highest BCUT2D eigenvalue weighted by molar-refractivity contribution is 5.87. The maximum atomic E-state index is 13.3. The number of nitrogens with two attached hydrogens (primary N) is 1. The Bertz CT molecular complexity index is 1070. The molecule has 0 aromatic heterocycles. The van der Waals surface area contributed by atoms with Gasteiger partial charge in [-0.2, -0.15) is 0 Å². The van der Waals surface area contributed by atoms with Crippen LogP contribution >= 0.6 is 0 Å². The lowest BCUT2D eigenvalue weighted by Crippen LogP contribution is -2.57. The van der Waals surface area contributed by atoms with Gasteiger partial charge in [-0.1, -0.05) is 72.8 Å². The second-order valence-electron chi connectivity index (χ2n) is 8.19. The Morgan fingerprint density at radius 2 is 1.53 bits per heavy atom. The summed E-state index contributed by atoms with van der Waals surface area (Å²) in [5.74, 6) is 0.477. The number of nitrogens with one attached hydrogen (secondary N) is 1.